The first kappa shape index (κ1) is 15.2. The van der Waals surface area contributed by atoms with Crippen molar-refractivity contribution in [2.45, 2.75) is 11.8 Å². The zero-order chi connectivity index (χ0) is 15.2. The fraction of sp³-hybridized carbons (Fsp3) is 0.118. The van der Waals surface area contributed by atoms with Crippen LogP contribution in [0, 0.1) is 0 Å². The Bertz CT molecular complexity index is 663. The molecule has 0 bridgehead atoms. The molecule has 108 valence electrons. The van der Waals surface area contributed by atoms with E-state index in [1.807, 2.05) is 30.3 Å². The van der Waals surface area contributed by atoms with E-state index in [0.717, 1.165) is 11.3 Å². The van der Waals surface area contributed by atoms with E-state index in [2.05, 4.69) is 6.92 Å². The number of nitrogen functional groups attached to an aromatic ring is 2. The van der Waals surface area contributed by atoms with E-state index in [-0.39, 0.29) is 5.78 Å². The Morgan fingerprint density at radius 2 is 1.81 bits per heavy atom. The van der Waals surface area contributed by atoms with Gasteiger partial charge in [-0.15, -0.1) is 11.8 Å². The Balaban J connectivity index is 2.09. The number of thioether (sulfide) groups is 1. The van der Waals surface area contributed by atoms with Crippen LogP contribution >= 0.6 is 11.8 Å². The van der Waals surface area contributed by atoms with E-state index in [4.69, 9.17) is 11.5 Å². The molecule has 0 aliphatic carbocycles. The highest BCUT2D eigenvalue weighted by Crippen LogP contribution is 2.19. The summed E-state index contributed by atoms with van der Waals surface area (Å²) in [5, 5.41) is 0. The normalized spacial score (nSPS) is 10.9. The summed E-state index contributed by atoms with van der Waals surface area (Å²) in [6.45, 7) is 2.10. The Hall–Kier alpha value is -2.20. The van der Waals surface area contributed by atoms with Crippen LogP contribution in [-0.4, -0.2) is 11.5 Å². The van der Waals surface area contributed by atoms with Crippen molar-refractivity contribution < 1.29 is 4.79 Å². The van der Waals surface area contributed by atoms with Crippen molar-refractivity contribution in [3.8, 4) is 0 Å². The van der Waals surface area contributed by atoms with Gasteiger partial charge in [-0.1, -0.05) is 19.1 Å². The summed E-state index contributed by atoms with van der Waals surface area (Å²) < 4.78 is 0. The molecule has 0 fully saturated rings. The predicted octanol–water partition coefficient (Wildman–Crippen LogP) is 3.86. The summed E-state index contributed by atoms with van der Waals surface area (Å²) in [7, 11) is 0. The third-order valence-corrected chi connectivity index (χ3v) is 3.88. The molecule has 4 heteroatoms. The number of hydrogen-bond donors (Lipinski definition) is 2. The lowest BCUT2D eigenvalue weighted by atomic mass is 10.1. The van der Waals surface area contributed by atoms with Gasteiger partial charge in [-0.2, -0.15) is 0 Å². The number of carbonyl (C=O) groups is 1. The lowest BCUT2D eigenvalue weighted by Gasteiger charge is -2.01. The van der Waals surface area contributed by atoms with Gasteiger partial charge in [0.15, 0.2) is 5.78 Å². The Kier molecular flexibility index (Phi) is 5.06. The van der Waals surface area contributed by atoms with Crippen molar-refractivity contribution >= 4 is 35.0 Å². The number of anilines is 2. The maximum atomic E-state index is 12.1. The Morgan fingerprint density at radius 1 is 1.10 bits per heavy atom. The highest BCUT2D eigenvalue weighted by molar-refractivity contribution is 7.99. The lowest BCUT2D eigenvalue weighted by Crippen LogP contribution is -1.95. The van der Waals surface area contributed by atoms with E-state index in [1.54, 1.807) is 36.0 Å². The van der Waals surface area contributed by atoms with E-state index < -0.39 is 0 Å². The first-order valence-electron chi connectivity index (χ1n) is 6.70. The second kappa shape index (κ2) is 6.99. The van der Waals surface area contributed by atoms with E-state index in [0.29, 0.717) is 16.9 Å². The highest BCUT2D eigenvalue weighted by Gasteiger charge is 2.02. The summed E-state index contributed by atoms with van der Waals surface area (Å²) in [5.74, 6) is 0.990. The summed E-state index contributed by atoms with van der Waals surface area (Å²) in [4.78, 5) is 13.3. The number of carbonyl (C=O) groups excluding carboxylic acids is 1. The molecule has 0 heterocycles. The zero-order valence-electron chi connectivity index (χ0n) is 11.9. The molecular formula is C17H18N2OS. The fourth-order valence-corrected chi connectivity index (χ4v) is 2.51. The van der Waals surface area contributed by atoms with Crippen LogP contribution in [0.25, 0.3) is 6.08 Å². The minimum absolute atomic E-state index is 0.0292. The van der Waals surface area contributed by atoms with Crippen molar-refractivity contribution in [1.82, 2.24) is 0 Å². The first-order chi connectivity index (χ1) is 10.1. The van der Waals surface area contributed by atoms with Gasteiger partial charge in [0.25, 0.3) is 0 Å². The second-order valence-electron chi connectivity index (χ2n) is 4.54. The molecule has 0 aliphatic rings. The van der Waals surface area contributed by atoms with Crippen LogP contribution in [0.2, 0.25) is 0 Å². The first-order valence-corrected chi connectivity index (χ1v) is 7.69. The molecule has 0 aliphatic heterocycles. The number of benzene rings is 2. The molecule has 0 saturated heterocycles. The molecule has 0 unspecified atom stereocenters. The number of hydrogen-bond acceptors (Lipinski definition) is 4. The maximum absolute atomic E-state index is 12.1. The average molecular weight is 298 g/mol. The molecule has 21 heavy (non-hydrogen) atoms. The molecule has 2 aromatic carbocycles. The van der Waals surface area contributed by atoms with Crippen molar-refractivity contribution in [2.24, 2.45) is 0 Å². The van der Waals surface area contributed by atoms with E-state index in [9.17, 15) is 4.79 Å². The number of ketones is 1. The molecule has 0 amide bonds. The molecule has 0 spiro atoms. The standard InChI is InChI=1S/C17H18N2OS/c1-2-21-14-7-5-13(6-8-14)17(20)10-4-12-3-9-15(18)16(19)11-12/h3-11H,2,18-19H2,1H3/b10-4+. The minimum Gasteiger partial charge on any atom is -0.397 e. The van der Waals surface area contributed by atoms with Crippen LogP contribution in [0.5, 0.6) is 0 Å². The molecule has 2 rings (SSSR count). The number of nitrogens with two attached hydrogens (primary N) is 2. The molecule has 2 aromatic rings. The topological polar surface area (TPSA) is 69.1 Å². The van der Waals surface area contributed by atoms with Gasteiger partial charge in [-0.25, -0.2) is 0 Å². The smallest absolute Gasteiger partial charge is 0.185 e. The van der Waals surface area contributed by atoms with E-state index >= 15 is 0 Å². The zero-order valence-corrected chi connectivity index (χ0v) is 12.7. The van der Waals surface area contributed by atoms with Crippen LogP contribution in [0.1, 0.15) is 22.8 Å². The number of allylic oxidation sites excluding steroid dienone is 1. The summed E-state index contributed by atoms with van der Waals surface area (Å²) in [5.41, 5.74) is 14.0. The Labute approximate surface area is 129 Å². The van der Waals surface area contributed by atoms with Crippen LogP contribution in [0.3, 0.4) is 0 Å². The number of rotatable bonds is 5. The van der Waals surface area contributed by atoms with Crippen LogP contribution < -0.4 is 11.5 Å². The summed E-state index contributed by atoms with van der Waals surface area (Å²) in [6.07, 6.45) is 3.29. The minimum atomic E-state index is -0.0292. The quantitative estimate of drug-likeness (QED) is 0.380. The molecule has 0 radical (unpaired) electrons. The molecule has 0 atom stereocenters. The molecule has 0 aromatic heterocycles. The summed E-state index contributed by atoms with van der Waals surface area (Å²) in [6, 6.07) is 12.9. The third-order valence-electron chi connectivity index (χ3n) is 2.99. The SMILES string of the molecule is CCSc1ccc(C(=O)/C=C/c2ccc(N)c(N)c2)cc1. The monoisotopic (exact) mass is 298 g/mol. The van der Waals surface area contributed by atoms with Gasteiger partial charge in [0.2, 0.25) is 0 Å². The second-order valence-corrected chi connectivity index (χ2v) is 5.88. The van der Waals surface area contributed by atoms with E-state index in [1.165, 1.54) is 4.90 Å². The maximum Gasteiger partial charge on any atom is 0.185 e. The molecule has 0 saturated carbocycles. The Morgan fingerprint density at radius 3 is 2.43 bits per heavy atom. The average Bonchev–Trinajstić information content (AvgIpc) is 2.49. The summed E-state index contributed by atoms with van der Waals surface area (Å²) >= 11 is 1.75. The molecule has 4 N–H and O–H groups in total. The largest absolute Gasteiger partial charge is 0.397 e. The van der Waals surface area contributed by atoms with Crippen LogP contribution in [0.15, 0.2) is 53.4 Å². The highest BCUT2D eigenvalue weighted by atomic mass is 32.2. The lowest BCUT2D eigenvalue weighted by molar-refractivity contribution is 0.104. The van der Waals surface area contributed by atoms with Crippen LogP contribution in [0.4, 0.5) is 11.4 Å². The van der Waals surface area contributed by atoms with Gasteiger partial charge in [0.05, 0.1) is 11.4 Å². The van der Waals surface area contributed by atoms with Gasteiger partial charge in [-0.05, 0) is 53.8 Å². The predicted molar refractivity (Wildman–Crippen MR) is 91.5 cm³/mol. The van der Waals surface area contributed by atoms with Crippen molar-refractivity contribution in [2.75, 3.05) is 17.2 Å². The van der Waals surface area contributed by atoms with Crippen molar-refractivity contribution in [3.63, 3.8) is 0 Å². The van der Waals surface area contributed by atoms with Gasteiger partial charge in [0, 0.05) is 10.5 Å². The van der Waals surface area contributed by atoms with Crippen LogP contribution in [-0.2, 0) is 0 Å². The van der Waals surface area contributed by atoms with Crippen molar-refractivity contribution in [1.29, 1.82) is 0 Å². The molecular weight excluding hydrogens is 280 g/mol. The molecule has 3 nitrogen and oxygen atoms in total. The third kappa shape index (κ3) is 4.13. The van der Waals surface area contributed by atoms with Gasteiger partial charge < -0.3 is 11.5 Å². The van der Waals surface area contributed by atoms with Gasteiger partial charge in [-0.3, -0.25) is 4.79 Å². The van der Waals surface area contributed by atoms with Crippen molar-refractivity contribution in [3.05, 3.63) is 59.7 Å². The van der Waals surface area contributed by atoms with Gasteiger partial charge >= 0.3 is 0 Å². The van der Waals surface area contributed by atoms with Gasteiger partial charge in [0.1, 0.15) is 0 Å². The fourth-order valence-electron chi connectivity index (χ4n) is 1.85.